The molecule has 0 radical (unpaired) electrons. The molecule has 17 heteroatoms. The standard InChI is InChI=1S/C31H39F5N4O8/c1-16(2)23(37)29(46)39-15-21(42)14-22(39)28(45)40(24(17(3)4)25(48-18(5)41)30(32,33)31(34,35)36)27(44)20-8-6-19(7-9-20)26(43)38-10-12-47-13-11-38/h6-9,16-17,21-23,42H,10-15,37H2,1-5H3/t21?,22-,23-/m0/s1. The molecular formula is C31H39F5N4O8. The number of ether oxygens (including phenoxy) is 2. The fraction of sp³-hybridized carbons (Fsp3) is 0.581. The number of nitrogens with two attached hydrogens (primary N) is 1. The van der Waals surface area contributed by atoms with Gasteiger partial charge >= 0.3 is 18.1 Å². The van der Waals surface area contributed by atoms with Crippen molar-refractivity contribution in [2.75, 3.05) is 32.8 Å². The fourth-order valence-corrected chi connectivity index (χ4v) is 5.25. The van der Waals surface area contributed by atoms with Crippen molar-refractivity contribution >= 4 is 29.6 Å². The molecular weight excluding hydrogens is 651 g/mol. The van der Waals surface area contributed by atoms with Crippen molar-refractivity contribution in [1.29, 1.82) is 0 Å². The molecule has 1 unspecified atom stereocenters. The molecule has 266 valence electrons. The molecule has 2 fully saturated rings. The number of halogens is 5. The summed E-state index contributed by atoms with van der Waals surface area (Å²) in [6, 6.07) is 1.62. The van der Waals surface area contributed by atoms with Crippen molar-refractivity contribution in [1.82, 2.24) is 14.7 Å². The lowest BCUT2D eigenvalue weighted by atomic mass is 10.00. The third-order valence-electron chi connectivity index (χ3n) is 7.86. The van der Waals surface area contributed by atoms with Crippen molar-refractivity contribution in [3.05, 3.63) is 46.8 Å². The number of rotatable bonds is 9. The van der Waals surface area contributed by atoms with Gasteiger partial charge in [-0.25, -0.2) is 4.90 Å². The number of carbonyl (C=O) groups is 5. The zero-order valence-electron chi connectivity index (χ0n) is 27.1. The van der Waals surface area contributed by atoms with Crippen molar-refractivity contribution in [3.8, 4) is 0 Å². The zero-order chi connectivity index (χ0) is 36.3. The monoisotopic (exact) mass is 690 g/mol. The van der Waals surface area contributed by atoms with E-state index in [0.717, 1.165) is 30.9 Å². The normalized spacial score (nSPS) is 20.0. The van der Waals surface area contributed by atoms with E-state index in [1.807, 2.05) is 0 Å². The Bertz CT molecular complexity index is 1420. The van der Waals surface area contributed by atoms with Crippen LogP contribution in [0.15, 0.2) is 35.7 Å². The number of benzene rings is 1. The Morgan fingerprint density at radius 2 is 1.52 bits per heavy atom. The third kappa shape index (κ3) is 8.18. The van der Waals surface area contributed by atoms with Crippen molar-refractivity contribution in [2.45, 2.75) is 71.3 Å². The van der Waals surface area contributed by atoms with E-state index in [0.29, 0.717) is 33.2 Å². The highest BCUT2D eigenvalue weighted by atomic mass is 19.4. The number of aliphatic hydroxyl groups is 1. The van der Waals surface area contributed by atoms with Gasteiger partial charge in [0.15, 0.2) is 0 Å². The summed E-state index contributed by atoms with van der Waals surface area (Å²) in [5, 5.41) is 10.4. The molecule has 2 saturated heterocycles. The quantitative estimate of drug-likeness (QED) is 0.172. The van der Waals surface area contributed by atoms with Crippen LogP contribution in [0.25, 0.3) is 0 Å². The van der Waals surface area contributed by atoms with Crippen LogP contribution in [-0.4, -0.2) is 113 Å². The molecule has 0 bridgehead atoms. The smallest absolute Gasteiger partial charge is 0.422 e. The summed E-state index contributed by atoms with van der Waals surface area (Å²) in [4.78, 5) is 68.9. The first-order valence-electron chi connectivity index (χ1n) is 15.2. The van der Waals surface area contributed by atoms with Crippen LogP contribution < -0.4 is 5.73 Å². The van der Waals surface area contributed by atoms with Crippen LogP contribution in [0.3, 0.4) is 0 Å². The van der Waals surface area contributed by atoms with Crippen LogP contribution in [0.5, 0.6) is 0 Å². The lowest BCUT2D eigenvalue weighted by Gasteiger charge is -2.35. The maximum atomic E-state index is 15.1. The predicted octanol–water partition coefficient (Wildman–Crippen LogP) is 2.70. The van der Waals surface area contributed by atoms with E-state index < -0.39 is 102 Å². The first kappa shape index (κ1) is 38.5. The Hall–Kier alpha value is -3.96. The van der Waals surface area contributed by atoms with Gasteiger partial charge in [0.05, 0.1) is 31.1 Å². The Labute approximate surface area is 273 Å². The number of likely N-dealkylation sites (tertiary alicyclic amines) is 1. The fourth-order valence-electron chi connectivity index (χ4n) is 5.25. The molecule has 0 aliphatic carbocycles. The predicted molar refractivity (Wildman–Crippen MR) is 158 cm³/mol. The van der Waals surface area contributed by atoms with Crippen molar-refractivity contribution in [2.24, 2.45) is 17.6 Å². The molecule has 2 aliphatic heterocycles. The number of imide groups is 1. The van der Waals surface area contributed by atoms with Gasteiger partial charge in [0.25, 0.3) is 17.7 Å². The minimum absolute atomic E-state index is 0.0191. The molecule has 3 N–H and O–H groups in total. The van der Waals surface area contributed by atoms with E-state index >= 15 is 8.78 Å². The molecule has 48 heavy (non-hydrogen) atoms. The highest BCUT2D eigenvalue weighted by molar-refractivity contribution is 6.09. The number of amides is 4. The number of morpholine rings is 1. The summed E-state index contributed by atoms with van der Waals surface area (Å²) >= 11 is 0. The number of hydrogen-bond acceptors (Lipinski definition) is 9. The largest absolute Gasteiger partial charge is 0.461 e. The second-order valence-corrected chi connectivity index (χ2v) is 12.2. The van der Waals surface area contributed by atoms with E-state index in [9.17, 15) is 42.3 Å². The van der Waals surface area contributed by atoms with Gasteiger partial charge in [-0.15, -0.1) is 0 Å². The number of aliphatic hydroxyl groups excluding tert-OH is 1. The molecule has 0 aromatic heterocycles. The second kappa shape index (κ2) is 15.1. The summed E-state index contributed by atoms with van der Waals surface area (Å²) in [5.74, 6) is -15.9. The molecule has 1 aromatic rings. The van der Waals surface area contributed by atoms with Gasteiger partial charge in [-0.1, -0.05) is 27.7 Å². The molecule has 3 atom stereocenters. The number of nitrogens with zero attached hydrogens (tertiary/aromatic N) is 3. The SMILES string of the molecule is CC(=O)OC(=C(C(C)C)N(C(=O)c1ccc(C(=O)N2CCOCC2)cc1)C(=O)[C@@H]1CC(O)CN1C(=O)[C@@H](N)C(C)C)C(F)(F)C(F)(F)F. The van der Waals surface area contributed by atoms with Crippen LogP contribution in [0.4, 0.5) is 22.0 Å². The third-order valence-corrected chi connectivity index (χ3v) is 7.86. The van der Waals surface area contributed by atoms with Gasteiger partial charge in [0.1, 0.15) is 6.04 Å². The van der Waals surface area contributed by atoms with E-state index in [4.69, 9.17) is 10.5 Å². The first-order valence-corrected chi connectivity index (χ1v) is 15.2. The Balaban J connectivity index is 2.24. The van der Waals surface area contributed by atoms with Gasteiger partial charge in [-0.05, 0) is 36.1 Å². The number of β-amino-alcohol motifs (C(OH)–C–C–N with tert-alkyl or cyclic N) is 1. The van der Waals surface area contributed by atoms with Gasteiger partial charge in [0, 0.05) is 44.1 Å². The minimum atomic E-state index is -6.34. The summed E-state index contributed by atoms with van der Waals surface area (Å²) in [6.45, 7) is 6.66. The van der Waals surface area contributed by atoms with Gasteiger partial charge in [-0.2, -0.15) is 22.0 Å². The second-order valence-electron chi connectivity index (χ2n) is 12.2. The zero-order valence-corrected chi connectivity index (χ0v) is 27.1. The van der Waals surface area contributed by atoms with Gasteiger partial charge < -0.3 is 30.1 Å². The molecule has 1 aromatic carbocycles. The molecule has 2 heterocycles. The van der Waals surface area contributed by atoms with E-state index in [2.05, 4.69) is 4.74 Å². The van der Waals surface area contributed by atoms with Crippen LogP contribution in [0.1, 0.15) is 61.8 Å². The number of hydrogen-bond donors (Lipinski definition) is 2. The topological polar surface area (TPSA) is 160 Å². The summed E-state index contributed by atoms with van der Waals surface area (Å²) in [7, 11) is 0. The maximum absolute atomic E-state index is 15.1. The molecule has 0 saturated carbocycles. The number of esters is 1. The van der Waals surface area contributed by atoms with Crippen LogP contribution in [0.2, 0.25) is 0 Å². The first-order chi connectivity index (χ1) is 22.2. The molecule has 12 nitrogen and oxygen atoms in total. The van der Waals surface area contributed by atoms with Crippen LogP contribution in [0, 0.1) is 11.8 Å². The van der Waals surface area contributed by atoms with Crippen LogP contribution >= 0.6 is 0 Å². The van der Waals surface area contributed by atoms with Gasteiger partial charge in [0.2, 0.25) is 11.7 Å². The highest BCUT2D eigenvalue weighted by Gasteiger charge is 2.64. The van der Waals surface area contributed by atoms with Gasteiger partial charge in [-0.3, -0.25) is 24.0 Å². The Kier molecular flexibility index (Phi) is 12.1. The van der Waals surface area contributed by atoms with E-state index in [1.54, 1.807) is 13.8 Å². The van der Waals surface area contributed by atoms with Crippen molar-refractivity contribution in [3.63, 3.8) is 0 Å². The number of alkyl halides is 5. The average Bonchev–Trinajstić information content (AvgIpc) is 3.42. The lowest BCUT2D eigenvalue weighted by molar-refractivity contribution is -0.276. The maximum Gasteiger partial charge on any atom is 0.461 e. The minimum Gasteiger partial charge on any atom is -0.422 e. The van der Waals surface area contributed by atoms with E-state index in [1.165, 1.54) is 17.0 Å². The average molecular weight is 691 g/mol. The highest BCUT2D eigenvalue weighted by Crippen LogP contribution is 2.45. The molecule has 3 rings (SSSR count). The van der Waals surface area contributed by atoms with E-state index in [-0.39, 0.29) is 10.5 Å². The number of carbonyl (C=O) groups excluding carboxylic acids is 5. The van der Waals surface area contributed by atoms with Crippen molar-refractivity contribution < 1.29 is 60.5 Å². The van der Waals surface area contributed by atoms with Crippen LogP contribution in [-0.2, 0) is 23.9 Å². The summed E-state index contributed by atoms with van der Waals surface area (Å²) in [6.07, 6.45) is -8.20. The summed E-state index contributed by atoms with van der Waals surface area (Å²) in [5.41, 5.74) is 4.36. The molecule has 4 amide bonds. The lowest BCUT2D eigenvalue weighted by Crippen LogP contribution is -2.55. The summed E-state index contributed by atoms with van der Waals surface area (Å²) < 4.78 is 81.3. The molecule has 0 spiro atoms. The number of allylic oxidation sites excluding steroid dienone is 2. The molecule has 2 aliphatic rings. The Morgan fingerprint density at radius 3 is 2.00 bits per heavy atom. The Morgan fingerprint density at radius 1 is 0.979 bits per heavy atom.